The van der Waals surface area contributed by atoms with Gasteiger partial charge >= 0.3 is 0 Å². The van der Waals surface area contributed by atoms with Gasteiger partial charge in [0.15, 0.2) is 6.17 Å². The predicted octanol–water partition coefficient (Wildman–Crippen LogP) is 3.83. The summed E-state index contributed by atoms with van der Waals surface area (Å²) in [5.74, 6) is -0.453. The number of alkyl halides is 1. The van der Waals surface area contributed by atoms with Crippen molar-refractivity contribution in [2.24, 2.45) is 0 Å². The Kier molecular flexibility index (Phi) is 5.76. The summed E-state index contributed by atoms with van der Waals surface area (Å²) in [5, 5.41) is 14.0. The summed E-state index contributed by atoms with van der Waals surface area (Å²) >= 11 is 5.91. The van der Waals surface area contributed by atoms with E-state index in [1.807, 2.05) is 0 Å². The van der Waals surface area contributed by atoms with Crippen LogP contribution in [-0.2, 0) is 4.74 Å². The first-order valence-electron chi connectivity index (χ1n) is 9.39. The second-order valence-electron chi connectivity index (χ2n) is 7.04. The lowest BCUT2D eigenvalue weighted by atomic mass is 9.98. The highest BCUT2D eigenvalue weighted by Crippen LogP contribution is 2.32. The van der Waals surface area contributed by atoms with Gasteiger partial charge in [-0.2, -0.15) is 0 Å². The molecule has 1 saturated heterocycles. The van der Waals surface area contributed by atoms with Crippen LogP contribution in [0.1, 0.15) is 34.2 Å². The van der Waals surface area contributed by atoms with Crippen molar-refractivity contribution in [3.8, 4) is 0 Å². The van der Waals surface area contributed by atoms with Gasteiger partial charge in [0.05, 0.1) is 24.3 Å². The van der Waals surface area contributed by atoms with Gasteiger partial charge in [0.2, 0.25) is 0 Å². The van der Waals surface area contributed by atoms with Crippen LogP contribution in [0, 0.1) is 0 Å². The minimum atomic E-state index is -1.44. The summed E-state index contributed by atoms with van der Waals surface area (Å²) < 4.78 is 20.6. The summed E-state index contributed by atoms with van der Waals surface area (Å²) in [7, 11) is 0. The van der Waals surface area contributed by atoms with E-state index in [4.69, 9.17) is 16.3 Å². The average molecular weight is 415 g/mol. The van der Waals surface area contributed by atoms with E-state index >= 15 is 4.39 Å². The van der Waals surface area contributed by atoms with Crippen molar-refractivity contribution in [3.05, 3.63) is 76.4 Å². The van der Waals surface area contributed by atoms with E-state index in [0.717, 1.165) is 0 Å². The Morgan fingerprint density at radius 1 is 1.24 bits per heavy atom. The molecule has 2 heterocycles. The molecule has 29 heavy (non-hydrogen) atoms. The molecule has 0 bridgehead atoms. The molecule has 3 aromatic rings. The first-order valence-corrected chi connectivity index (χ1v) is 9.76. The number of pyridine rings is 1. The number of ether oxygens (including phenoxy) is 1. The summed E-state index contributed by atoms with van der Waals surface area (Å²) in [6.45, 7) is 0.631. The van der Waals surface area contributed by atoms with Gasteiger partial charge in [-0.3, -0.25) is 4.79 Å². The number of carbonyl (C=O) groups excluding carboxylic acids is 1. The molecule has 3 atom stereocenters. The quantitative estimate of drug-likeness (QED) is 0.680. The average Bonchev–Trinajstić information content (AvgIpc) is 2.74. The third-order valence-corrected chi connectivity index (χ3v) is 5.31. The third kappa shape index (κ3) is 4.24. The van der Waals surface area contributed by atoms with Gasteiger partial charge in [-0.1, -0.05) is 41.9 Å². The van der Waals surface area contributed by atoms with Crippen molar-refractivity contribution >= 4 is 28.4 Å². The minimum absolute atomic E-state index is 0.106. The van der Waals surface area contributed by atoms with Crippen LogP contribution in [0.5, 0.6) is 0 Å². The van der Waals surface area contributed by atoms with Gasteiger partial charge in [0.25, 0.3) is 5.91 Å². The maximum atomic E-state index is 15.4. The number of benzene rings is 2. The van der Waals surface area contributed by atoms with Gasteiger partial charge in [-0.25, -0.2) is 9.37 Å². The molecule has 1 aliphatic rings. The van der Waals surface area contributed by atoms with Crippen LogP contribution in [0.3, 0.4) is 0 Å². The van der Waals surface area contributed by atoms with Crippen LogP contribution in [0.15, 0.2) is 54.6 Å². The molecular weight excluding hydrogens is 395 g/mol. The third-order valence-electron chi connectivity index (χ3n) is 5.06. The van der Waals surface area contributed by atoms with E-state index in [0.29, 0.717) is 40.1 Å². The Morgan fingerprint density at radius 2 is 2.00 bits per heavy atom. The first kappa shape index (κ1) is 19.8. The highest BCUT2D eigenvalue weighted by molar-refractivity contribution is 6.30. The van der Waals surface area contributed by atoms with Crippen molar-refractivity contribution < 1.29 is 19.0 Å². The van der Waals surface area contributed by atoms with Crippen molar-refractivity contribution in [3.63, 3.8) is 0 Å². The fourth-order valence-corrected chi connectivity index (χ4v) is 3.60. The van der Waals surface area contributed by atoms with E-state index in [9.17, 15) is 9.90 Å². The first-order chi connectivity index (χ1) is 14.0. The molecule has 0 aliphatic carbocycles. The number of rotatable bonds is 4. The second-order valence-corrected chi connectivity index (χ2v) is 7.48. The Balaban J connectivity index is 1.70. The maximum absolute atomic E-state index is 15.4. The molecule has 2 N–H and O–H groups in total. The Bertz CT molecular complexity index is 1030. The van der Waals surface area contributed by atoms with E-state index < -0.39 is 24.2 Å². The van der Waals surface area contributed by atoms with E-state index in [2.05, 4.69) is 10.3 Å². The standard InChI is InChI=1S/C22H20ClFN2O3/c23-14-7-5-13(6-8-14)21(24)16-11-19(25-17-4-2-1-3-15(16)17)22(28)26-18-9-10-29-12-20(18)27/h1-8,11,18,20-21,27H,9-10,12H2,(H,26,28)/t18-,20-,21?/m0/s1. The molecule has 4 rings (SSSR count). The number of nitrogens with one attached hydrogen (secondary N) is 1. The van der Waals surface area contributed by atoms with Crippen LogP contribution >= 0.6 is 11.6 Å². The van der Waals surface area contributed by atoms with Gasteiger partial charge in [-0.15, -0.1) is 0 Å². The summed E-state index contributed by atoms with van der Waals surface area (Å²) in [5.41, 5.74) is 1.43. The number of hydrogen-bond acceptors (Lipinski definition) is 4. The molecule has 1 amide bonds. The number of aliphatic hydroxyl groups is 1. The van der Waals surface area contributed by atoms with Crippen molar-refractivity contribution in [2.45, 2.75) is 24.7 Å². The fraction of sp³-hybridized carbons (Fsp3) is 0.273. The van der Waals surface area contributed by atoms with E-state index in [1.54, 1.807) is 48.5 Å². The number of carbonyl (C=O) groups is 1. The Labute approximate surface area is 172 Å². The van der Waals surface area contributed by atoms with Gasteiger partial charge in [0.1, 0.15) is 5.69 Å². The minimum Gasteiger partial charge on any atom is -0.389 e. The monoisotopic (exact) mass is 414 g/mol. The lowest BCUT2D eigenvalue weighted by Crippen LogP contribution is -2.48. The van der Waals surface area contributed by atoms with Crippen molar-refractivity contribution in [1.29, 1.82) is 0 Å². The van der Waals surface area contributed by atoms with Gasteiger partial charge in [-0.05, 0) is 36.2 Å². The molecule has 1 unspecified atom stereocenters. The number of aromatic nitrogens is 1. The zero-order valence-electron chi connectivity index (χ0n) is 15.5. The lowest BCUT2D eigenvalue weighted by Gasteiger charge is -2.28. The molecule has 1 aromatic heterocycles. The Morgan fingerprint density at radius 3 is 2.76 bits per heavy atom. The summed E-state index contributed by atoms with van der Waals surface area (Å²) in [4.78, 5) is 17.2. The number of amides is 1. The molecule has 150 valence electrons. The van der Waals surface area contributed by atoms with Crippen molar-refractivity contribution in [2.75, 3.05) is 13.2 Å². The number of fused-ring (bicyclic) bond motifs is 1. The largest absolute Gasteiger partial charge is 0.389 e. The normalized spacial score (nSPS) is 20.4. The smallest absolute Gasteiger partial charge is 0.270 e. The second kappa shape index (κ2) is 8.45. The van der Waals surface area contributed by atoms with Crippen LogP contribution in [0.4, 0.5) is 4.39 Å². The molecule has 5 nitrogen and oxygen atoms in total. The van der Waals surface area contributed by atoms with Crippen LogP contribution in [0.25, 0.3) is 10.9 Å². The van der Waals surface area contributed by atoms with Crippen LogP contribution < -0.4 is 5.32 Å². The van der Waals surface area contributed by atoms with E-state index in [-0.39, 0.29) is 12.3 Å². The van der Waals surface area contributed by atoms with Gasteiger partial charge < -0.3 is 15.2 Å². The SMILES string of the molecule is O=C(N[C@H]1CCOC[C@@H]1O)c1cc(C(F)c2ccc(Cl)cc2)c2ccccc2n1. The summed E-state index contributed by atoms with van der Waals surface area (Å²) in [6.07, 6.45) is -1.72. The number of halogens is 2. The predicted molar refractivity (Wildman–Crippen MR) is 109 cm³/mol. The van der Waals surface area contributed by atoms with Gasteiger partial charge in [0, 0.05) is 22.6 Å². The molecule has 7 heteroatoms. The van der Waals surface area contributed by atoms with E-state index in [1.165, 1.54) is 6.07 Å². The molecule has 0 spiro atoms. The van der Waals surface area contributed by atoms with Crippen molar-refractivity contribution in [1.82, 2.24) is 10.3 Å². The fourth-order valence-electron chi connectivity index (χ4n) is 3.47. The highest BCUT2D eigenvalue weighted by atomic mass is 35.5. The van der Waals surface area contributed by atoms with Crippen LogP contribution in [-0.4, -0.2) is 41.4 Å². The molecule has 0 saturated carbocycles. The number of hydrogen-bond donors (Lipinski definition) is 2. The zero-order valence-corrected chi connectivity index (χ0v) is 16.3. The molecule has 1 fully saturated rings. The topological polar surface area (TPSA) is 71.5 Å². The lowest BCUT2D eigenvalue weighted by molar-refractivity contribution is -0.0261. The highest BCUT2D eigenvalue weighted by Gasteiger charge is 2.27. The molecule has 0 radical (unpaired) electrons. The molecule has 2 aromatic carbocycles. The molecule has 1 aliphatic heterocycles. The zero-order chi connectivity index (χ0) is 20.4. The Hall–Kier alpha value is -2.54. The number of para-hydroxylation sites is 1. The van der Waals surface area contributed by atoms with Crippen LogP contribution in [0.2, 0.25) is 5.02 Å². The molecular formula is C22H20ClFN2O3. The number of aliphatic hydroxyl groups excluding tert-OH is 1. The maximum Gasteiger partial charge on any atom is 0.270 e. The number of nitrogens with zero attached hydrogens (tertiary/aromatic N) is 1. The summed E-state index contributed by atoms with van der Waals surface area (Å²) in [6, 6.07) is 14.7.